The molecule has 1 aliphatic carbocycles. The van der Waals surface area contributed by atoms with Crippen molar-refractivity contribution in [3.05, 3.63) is 0 Å². The zero-order valence-corrected chi connectivity index (χ0v) is 10.5. The van der Waals surface area contributed by atoms with Gasteiger partial charge in [-0.2, -0.15) is 0 Å². The molecule has 0 radical (unpaired) electrons. The van der Waals surface area contributed by atoms with Crippen LogP contribution < -0.4 is 11.5 Å². The van der Waals surface area contributed by atoms with Crippen molar-refractivity contribution in [1.29, 1.82) is 0 Å². The van der Waals surface area contributed by atoms with Crippen LogP contribution in [0.4, 0.5) is 0 Å². The van der Waals surface area contributed by atoms with Crippen LogP contribution in [0.1, 0.15) is 58.3 Å². The number of carbonyl (C=O) groups is 1. The smallest absolute Gasteiger partial charge is 0.141 e. The highest BCUT2D eigenvalue weighted by Gasteiger charge is 2.30. The molecule has 1 saturated carbocycles. The molecule has 1 atom stereocenters. The normalized spacial score (nSPS) is 20.0. The van der Waals surface area contributed by atoms with E-state index in [2.05, 4.69) is 6.92 Å². The summed E-state index contributed by atoms with van der Waals surface area (Å²) in [7, 11) is 0. The average Bonchev–Trinajstić information content (AvgIpc) is 2.30. The van der Waals surface area contributed by atoms with Crippen molar-refractivity contribution < 1.29 is 4.79 Å². The summed E-state index contributed by atoms with van der Waals surface area (Å²) in [6, 6.07) is 0. The summed E-state index contributed by atoms with van der Waals surface area (Å²) in [6.07, 6.45) is 8.30. The van der Waals surface area contributed by atoms with Crippen LogP contribution in [-0.2, 0) is 4.79 Å². The zero-order valence-electron chi connectivity index (χ0n) is 10.5. The Morgan fingerprint density at radius 1 is 1.25 bits per heavy atom. The number of carbonyl (C=O) groups excluding carboxylic acids is 1. The van der Waals surface area contributed by atoms with Crippen molar-refractivity contribution in [2.45, 2.75) is 64.5 Å². The van der Waals surface area contributed by atoms with Crippen molar-refractivity contribution >= 4 is 5.78 Å². The van der Waals surface area contributed by atoms with E-state index in [-0.39, 0.29) is 11.8 Å². The third-order valence-corrected chi connectivity index (χ3v) is 3.71. The van der Waals surface area contributed by atoms with E-state index in [9.17, 15) is 4.79 Å². The van der Waals surface area contributed by atoms with Crippen LogP contribution in [0, 0.1) is 11.8 Å². The molecule has 0 aromatic heterocycles. The van der Waals surface area contributed by atoms with E-state index in [4.69, 9.17) is 11.5 Å². The monoisotopic (exact) mass is 226 g/mol. The molecule has 1 rings (SSSR count). The number of nitrogens with two attached hydrogens (primary N) is 2. The van der Waals surface area contributed by atoms with E-state index in [0.717, 1.165) is 32.1 Å². The number of unbranched alkanes of at least 4 members (excludes halogenated alkanes) is 1. The lowest BCUT2D eigenvalue weighted by atomic mass is 9.79. The molecule has 16 heavy (non-hydrogen) atoms. The zero-order chi connectivity index (χ0) is 12.0. The summed E-state index contributed by atoms with van der Waals surface area (Å²) in [6.45, 7) is 2.13. The predicted octanol–water partition coefficient (Wildman–Crippen LogP) is 2.19. The Bertz CT molecular complexity index is 210. The van der Waals surface area contributed by atoms with Crippen LogP contribution in [0.15, 0.2) is 0 Å². The molecule has 1 fully saturated rings. The van der Waals surface area contributed by atoms with Gasteiger partial charge in [0.25, 0.3) is 0 Å². The van der Waals surface area contributed by atoms with E-state index >= 15 is 0 Å². The van der Waals surface area contributed by atoms with Crippen LogP contribution in [-0.4, -0.2) is 11.9 Å². The third-order valence-electron chi connectivity index (χ3n) is 3.71. The first-order chi connectivity index (χ1) is 7.66. The minimum Gasteiger partial charge on any atom is -0.315 e. The fraction of sp³-hybridized carbons (Fsp3) is 0.923. The number of hydrogen-bond donors (Lipinski definition) is 2. The first-order valence-electron chi connectivity index (χ1n) is 6.71. The maximum Gasteiger partial charge on any atom is 0.141 e. The molecule has 3 nitrogen and oxygen atoms in total. The van der Waals surface area contributed by atoms with Crippen LogP contribution in [0.25, 0.3) is 0 Å². The average molecular weight is 226 g/mol. The van der Waals surface area contributed by atoms with Gasteiger partial charge in [-0.15, -0.1) is 0 Å². The van der Waals surface area contributed by atoms with Gasteiger partial charge in [0.15, 0.2) is 0 Å². The lowest BCUT2D eigenvalue weighted by Crippen LogP contribution is -2.45. The third kappa shape index (κ3) is 3.87. The van der Waals surface area contributed by atoms with Crippen molar-refractivity contribution in [3.63, 3.8) is 0 Å². The lowest BCUT2D eigenvalue weighted by molar-refractivity contribution is -0.128. The summed E-state index contributed by atoms with van der Waals surface area (Å²) >= 11 is 0. The number of ketones is 1. The SMILES string of the molecule is CCCCC(C(=O)C1CCCCC1)C(N)N. The molecular formula is C13H26N2O. The number of hydrogen-bond acceptors (Lipinski definition) is 3. The fourth-order valence-corrected chi connectivity index (χ4v) is 2.64. The summed E-state index contributed by atoms with van der Waals surface area (Å²) in [5.74, 6) is 0.469. The molecule has 0 heterocycles. The molecule has 0 saturated heterocycles. The van der Waals surface area contributed by atoms with Gasteiger partial charge >= 0.3 is 0 Å². The van der Waals surface area contributed by atoms with Gasteiger partial charge in [0.05, 0.1) is 6.17 Å². The van der Waals surface area contributed by atoms with E-state index in [1.165, 1.54) is 19.3 Å². The van der Waals surface area contributed by atoms with Gasteiger partial charge in [0, 0.05) is 11.8 Å². The molecule has 1 unspecified atom stereocenters. The van der Waals surface area contributed by atoms with Gasteiger partial charge in [-0.1, -0.05) is 39.0 Å². The second-order valence-corrected chi connectivity index (χ2v) is 5.06. The van der Waals surface area contributed by atoms with Crippen LogP contribution in [0.2, 0.25) is 0 Å². The summed E-state index contributed by atoms with van der Waals surface area (Å²) in [4.78, 5) is 12.3. The molecule has 0 bridgehead atoms. The van der Waals surface area contributed by atoms with Gasteiger partial charge in [-0.3, -0.25) is 4.79 Å². The Labute approximate surface area is 99.0 Å². The van der Waals surface area contributed by atoms with E-state index in [0.29, 0.717) is 5.78 Å². The van der Waals surface area contributed by atoms with E-state index < -0.39 is 6.17 Å². The minimum atomic E-state index is -0.471. The molecular weight excluding hydrogens is 200 g/mol. The Hall–Kier alpha value is -0.410. The summed E-state index contributed by atoms with van der Waals surface area (Å²) in [5, 5.41) is 0. The first-order valence-corrected chi connectivity index (χ1v) is 6.71. The molecule has 4 N–H and O–H groups in total. The molecule has 3 heteroatoms. The molecule has 94 valence electrons. The van der Waals surface area contributed by atoms with Crippen molar-refractivity contribution in [3.8, 4) is 0 Å². The highest BCUT2D eigenvalue weighted by Crippen LogP contribution is 2.28. The Morgan fingerprint density at radius 3 is 2.38 bits per heavy atom. The maximum atomic E-state index is 12.3. The van der Waals surface area contributed by atoms with E-state index in [1.54, 1.807) is 0 Å². The maximum absolute atomic E-state index is 12.3. The van der Waals surface area contributed by atoms with Gasteiger partial charge in [-0.05, 0) is 19.3 Å². The van der Waals surface area contributed by atoms with Gasteiger partial charge in [-0.25, -0.2) is 0 Å². The van der Waals surface area contributed by atoms with Crippen LogP contribution in [0.5, 0.6) is 0 Å². The highest BCUT2D eigenvalue weighted by molar-refractivity contribution is 5.84. The lowest BCUT2D eigenvalue weighted by Gasteiger charge is -2.27. The highest BCUT2D eigenvalue weighted by atomic mass is 16.1. The summed E-state index contributed by atoms with van der Waals surface area (Å²) < 4.78 is 0. The van der Waals surface area contributed by atoms with Crippen molar-refractivity contribution in [2.24, 2.45) is 23.3 Å². The minimum absolute atomic E-state index is 0.108. The molecule has 0 aliphatic heterocycles. The summed E-state index contributed by atoms with van der Waals surface area (Å²) in [5.41, 5.74) is 11.5. The van der Waals surface area contributed by atoms with Crippen LogP contribution >= 0.6 is 0 Å². The molecule has 0 aromatic rings. The molecule has 0 amide bonds. The Balaban J connectivity index is 2.51. The predicted molar refractivity (Wildman–Crippen MR) is 66.8 cm³/mol. The second kappa shape index (κ2) is 7.02. The topological polar surface area (TPSA) is 69.1 Å². The Kier molecular flexibility index (Phi) is 5.99. The van der Waals surface area contributed by atoms with Gasteiger partial charge < -0.3 is 11.5 Å². The number of rotatable bonds is 6. The number of Topliss-reactive ketones (excluding diaryl/α,β-unsaturated/α-hetero) is 1. The van der Waals surface area contributed by atoms with Crippen molar-refractivity contribution in [1.82, 2.24) is 0 Å². The van der Waals surface area contributed by atoms with Gasteiger partial charge in [0.1, 0.15) is 5.78 Å². The second-order valence-electron chi connectivity index (χ2n) is 5.06. The van der Waals surface area contributed by atoms with Crippen molar-refractivity contribution in [2.75, 3.05) is 0 Å². The standard InChI is InChI=1S/C13H26N2O/c1-2-3-9-11(13(14)15)12(16)10-7-5-4-6-8-10/h10-11,13H,2-9,14-15H2,1H3. The fourth-order valence-electron chi connectivity index (χ4n) is 2.64. The van der Waals surface area contributed by atoms with Crippen LogP contribution in [0.3, 0.4) is 0 Å². The molecule has 0 aromatic carbocycles. The first kappa shape index (κ1) is 13.7. The molecule has 1 aliphatic rings. The largest absolute Gasteiger partial charge is 0.315 e. The Morgan fingerprint density at radius 2 is 1.88 bits per heavy atom. The quantitative estimate of drug-likeness (QED) is 0.682. The van der Waals surface area contributed by atoms with E-state index in [1.807, 2.05) is 0 Å². The van der Waals surface area contributed by atoms with Gasteiger partial charge in [0.2, 0.25) is 0 Å². The molecule has 0 spiro atoms.